The van der Waals surface area contributed by atoms with Crippen LogP contribution in [-0.2, 0) is 6.42 Å². The number of nitrogens with zero attached hydrogens (tertiary/aromatic N) is 4. The van der Waals surface area contributed by atoms with Gasteiger partial charge in [-0.1, -0.05) is 35.5 Å². The monoisotopic (exact) mass is 405 g/mol. The lowest BCUT2D eigenvalue weighted by atomic mass is 9.63. The van der Waals surface area contributed by atoms with Crippen molar-refractivity contribution in [3.8, 4) is 0 Å². The number of carbonyl (C=O) groups is 2. The Hall–Kier alpha value is -3.42. The Bertz CT molecular complexity index is 1090. The van der Waals surface area contributed by atoms with Crippen LogP contribution in [0.5, 0.6) is 0 Å². The van der Waals surface area contributed by atoms with E-state index in [-0.39, 0.29) is 17.4 Å². The van der Waals surface area contributed by atoms with Crippen molar-refractivity contribution in [3.63, 3.8) is 0 Å². The van der Waals surface area contributed by atoms with E-state index in [4.69, 9.17) is 0 Å². The van der Waals surface area contributed by atoms with Gasteiger partial charge in [-0.3, -0.25) is 9.89 Å². The van der Waals surface area contributed by atoms with Crippen LogP contribution in [0.15, 0.2) is 48.5 Å². The maximum absolute atomic E-state index is 13.4. The van der Waals surface area contributed by atoms with Gasteiger partial charge >= 0.3 is 6.09 Å². The Kier molecular flexibility index (Phi) is 4.42. The van der Waals surface area contributed by atoms with E-state index in [0.717, 1.165) is 24.8 Å². The molecule has 2 aromatic carbocycles. The van der Waals surface area contributed by atoms with Gasteiger partial charge in [-0.15, -0.1) is 5.10 Å². The number of aromatic amines is 1. The SMILES string of the molecule is O=C(O)N1CCC2(CC1)CN(C(=O)c1ccc3[nH]nnc3c1)C2Cc1ccccc1. The second-order valence-electron chi connectivity index (χ2n) is 8.31. The summed E-state index contributed by atoms with van der Waals surface area (Å²) in [6.45, 7) is 1.70. The molecule has 0 aliphatic carbocycles. The summed E-state index contributed by atoms with van der Waals surface area (Å²) in [6, 6.07) is 15.6. The minimum atomic E-state index is -0.863. The molecule has 8 nitrogen and oxygen atoms in total. The lowest BCUT2D eigenvalue weighted by Crippen LogP contribution is -2.69. The minimum Gasteiger partial charge on any atom is -0.465 e. The molecule has 5 rings (SSSR count). The van der Waals surface area contributed by atoms with Gasteiger partial charge in [0.2, 0.25) is 0 Å². The number of hydrogen-bond donors (Lipinski definition) is 2. The summed E-state index contributed by atoms with van der Waals surface area (Å²) >= 11 is 0. The molecule has 2 amide bonds. The van der Waals surface area contributed by atoms with Crippen LogP contribution in [0.2, 0.25) is 0 Å². The lowest BCUT2D eigenvalue weighted by Gasteiger charge is -2.60. The lowest BCUT2D eigenvalue weighted by molar-refractivity contribution is -0.0834. The van der Waals surface area contributed by atoms with Crippen molar-refractivity contribution >= 4 is 23.0 Å². The third-order valence-corrected chi connectivity index (χ3v) is 6.70. The molecule has 1 atom stereocenters. The molecule has 2 fully saturated rings. The maximum atomic E-state index is 13.4. The highest BCUT2D eigenvalue weighted by Crippen LogP contribution is 2.48. The Morgan fingerprint density at radius 3 is 2.63 bits per heavy atom. The van der Waals surface area contributed by atoms with E-state index in [1.54, 1.807) is 6.07 Å². The molecule has 8 heteroatoms. The van der Waals surface area contributed by atoms with E-state index >= 15 is 0 Å². The number of fused-ring (bicyclic) bond motifs is 1. The van der Waals surface area contributed by atoms with Crippen molar-refractivity contribution in [2.24, 2.45) is 5.41 Å². The zero-order chi connectivity index (χ0) is 20.7. The second kappa shape index (κ2) is 7.12. The Morgan fingerprint density at radius 1 is 1.13 bits per heavy atom. The highest BCUT2D eigenvalue weighted by molar-refractivity contribution is 5.98. The summed E-state index contributed by atoms with van der Waals surface area (Å²) in [5.74, 6) is -0.00730. The quantitative estimate of drug-likeness (QED) is 0.698. The van der Waals surface area contributed by atoms with Crippen molar-refractivity contribution in [2.75, 3.05) is 19.6 Å². The van der Waals surface area contributed by atoms with Gasteiger partial charge in [-0.2, -0.15) is 0 Å². The first-order valence-corrected chi connectivity index (χ1v) is 10.2. The molecule has 1 aromatic heterocycles. The van der Waals surface area contributed by atoms with Crippen molar-refractivity contribution < 1.29 is 14.7 Å². The first-order valence-electron chi connectivity index (χ1n) is 10.2. The van der Waals surface area contributed by atoms with E-state index in [2.05, 4.69) is 27.5 Å². The zero-order valence-corrected chi connectivity index (χ0v) is 16.5. The highest BCUT2D eigenvalue weighted by Gasteiger charge is 2.55. The summed E-state index contributed by atoms with van der Waals surface area (Å²) in [4.78, 5) is 28.1. The average molecular weight is 405 g/mol. The van der Waals surface area contributed by atoms with E-state index in [0.29, 0.717) is 30.7 Å². The molecule has 2 aliphatic heterocycles. The minimum absolute atomic E-state index is 0.00730. The molecule has 3 heterocycles. The summed E-state index contributed by atoms with van der Waals surface area (Å²) < 4.78 is 0. The van der Waals surface area contributed by atoms with Crippen LogP contribution in [0.3, 0.4) is 0 Å². The number of amides is 2. The number of rotatable bonds is 3. The van der Waals surface area contributed by atoms with Crippen LogP contribution in [-0.4, -0.2) is 68.0 Å². The van der Waals surface area contributed by atoms with E-state index in [1.165, 1.54) is 10.5 Å². The molecule has 0 bridgehead atoms. The molecule has 2 saturated heterocycles. The standard InChI is InChI=1S/C22H23N5O3/c28-20(16-6-7-17-18(13-16)24-25-23-17)27-14-22(8-10-26(11-9-22)21(29)30)19(27)12-15-4-2-1-3-5-15/h1-7,13,19H,8-12,14H2,(H,29,30)(H,23,24,25). The molecule has 1 spiro atoms. The fourth-order valence-corrected chi connectivity index (χ4v) is 4.93. The number of carbonyl (C=O) groups excluding carboxylic acids is 1. The van der Waals surface area contributed by atoms with Crippen LogP contribution in [0.25, 0.3) is 11.0 Å². The summed E-state index contributed by atoms with van der Waals surface area (Å²) in [5, 5.41) is 19.9. The topological polar surface area (TPSA) is 102 Å². The zero-order valence-electron chi connectivity index (χ0n) is 16.5. The molecule has 2 N–H and O–H groups in total. The fraction of sp³-hybridized carbons (Fsp3) is 0.364. The third kappa shape index (κ3) is 3.08. The van der Waals surface area contributed by atoms with Crippen LogP contribution in [0.1, 0.15) is 28.8 Å². The first-order chi connectivity index (χ1) is 14.6. The van der Waals surface area contributed by atoms with Crippen molar-refractivity contribution in [1.29, 1.82) is 0 Å². The molecule has 30 heavy (non-hydrogen) atoms. The summed E-state index contributed by atoms with van der Waals surface area (Å²) in [5.41, 5.74) is 3.23. The molecular weight excluding hydrogens is 382 g/mol. The fourth-order valence-electron chi connectivity index (χ4n) is 4.93. The number of nitrogens with one attached hydrogen (secondary N) is 1. The number of likely N-dealkylation sites (tertiary alicyclic amines) is 2. The second-order valence-corrected chi connectivity index (χ2v) is 8.31. The van der Waals surface area contributed by atoms with Gasteiger partial charge in [-0.05, 0) is 43.0 Å². The molecule has 1 unspecified atom stereocenters. The first kappa shape index (κ1) is 18.6. The highest BCUT2D eigenvalue weighted by atomic mass is 16.4. The van der Waals surface area contributed by atoms with Gasteiger partial charge in [0.15, 0.2) is 0 Å². The van der Waals surface area contributed by atoms with Gasteiger partial charge < -0.3 is 14.9 Å². The number of H-pyrrole nitrogens is 1. The number of benzene rings is 2. The van der Waals surface area contributed by atoms with Crippen LogP contribution >= 0.6 is 0 Å². The Morgan fingerprint density at radius 2 is 1.90 bits per heavy atom. The number of piperidine rings is 1. The van der Waals surface area contributed by atoms with Gasteiger partial charge in [-0.25, -0.2) is 4.79 Å². The average Bonchev–Trinajstić information content (AvgIpc) is 3.24. The molecule has 154 valence electrons. The largest absolute Gasteiger partial charge is 0.465 e. The number of hydrogen-bond acceptors (Lipinski definition) is 4. The predicted molar refractivity (Wildman–Crippen MR) is 110 cm³/mol. The maximum Gasteiger partial charge on any atom is 0.407 e. The van der Waals surface area contributed by atoms with E-state index in [1.807, 2.05) is 35.2 Å². The van der Waals surface area contributed by atoms with Crippen LogP contribution in [0.4, 0.5) is 4.79 Å². The molecule has 0 radical (unpaired) electrons. The number of carboxylic acid groups (broad SMARTS) is 1. The van der Waals surface area contributed by atoms with Gasteiger partial charge in [0.1, 0.15) is 5.52 Å². The van der Waals surface area contributed by atoms with Crippen LogP contribution < -0.4 is 0 Å². The Labute approximate surface area is 173 Å². The van der Waals surface area contributed by atoms with Crippen molar-refractivity contribution in [2.45, 2.75) is 25.3 Å². The van der Waals surface area contributed by atoms with Gasteiger partial charge in [0.05, 0.1) is 5.52 Å². The molecular formula is C22H23N5O3. The third-order valence-electron chi connectivity index (χ3n) is 6.70. The van der Waals surface area contributed by atoms with Crippen LogP contribution in [0, 0.1) is 5.41 Å². The number of aromatic nitrogens is 3. The molecule has 2 aliphatic rings. The smallest absolute Gasteiger partial charge is 0.407 e. The van der Waals surface area contributed by atoms with Crippen molar-refractivity contribution in [3.05, 3.63) is 59.7 Å². The van der Waals surface area contributed by atoms with Gasteiger partial charge in [0, 0.05) is 36.7 Å². The Balaban J connectivity index is 1.41. The molecule has 3 aromatic rings. The van der Waals surface area contributed by atoms with Gasteiger partial charge in [0.25, 0.3) is 5.91 Å². The predicted octanol–water partition coefficient (Wildman–Crippen LogP) is 2.79. The van der Waals surface area contributed by atoms with E-state index < -0.39 is 6.09 Å². The summed E-state index contributed by atoms with van der Waals surface area (Å²) in [6.07, 6.45) is 1.47. The van der Waals surface area contributed by atoms with Crippen molar-refractivity contribution in [1.82, 2.24) is 25.2 Å². The summed E-state index contributed by atoms with van der Waals surface area (Å²) in [7, 11) is 0. The normalized spacial score (nSPS) is 20.3. The van der Waals surface area contributed by atoms with E-state index in [9.17, 15) is 14.7 Å². The molecule has 0 saturated carbocycles.